The fraction of sp³-hybridized carbons (Fsp3) is 0.647. The molecule has 1 aromatic carbocycles. The molecule has 0 fully saturated rings. The molecule has 104 valence electrons. The lowest BCUT2D eigenvalue weighted by Gasteiger charge is -2.18. The van der Waals surface area contributed by atoms with Gasteiger partial charge in [-0.3, -0.25) is 0 Å². The van der Waals surface area contributed by atoms with Gasteiger partial charge in [-0.1, -0.05) is 88.1 Å². The van der Waals surface area contributed by atoms with Crippen LogP contribution in [0.15, 0.2) is 24.3 Å². The average Bonchev–Trinajstić information content (AvgIpc) is 2.20. The Balaban J connectivity index is -0.000000160. The van der Waals surface area contributed by atoms with Gasteiger partial charge in [0.25, 0.3) is 0 Å². The second-order valence-electron chi connectivity index (χ2n) is 4.30. The number of hydrogen-bond acceptors (Lipinski definition) is 0. The Kier molecular flexibility index (Phi) is 17.3. The third kappa shape index (κ3) is 8.97. The highest BCUT2D eigenvalue weighted by molar-refractivity contribution is 5.27. The van der Waals surface area contributed by atoms with Gasteiger partial charge in [0.2, 0.25) is 0 Å². The molecule has 0 spiro atoms. The van der Waals surface area contributed by atoms with E-state index in [4.69, 9.17) is 0 Å². The first kappa shape index (κ1) is 25.2. The van der Waals surface area contributed by atoms with Crippen LogP contribution in [0.2, 0.25) is 0 Å². The molecule has 0 radical (unpaired) electrons. The SMILES string of the molecule is C.C.C.CC.CCc1ccc(C(C)(C)C)cc1. The van der Waals surface area contributed by atoms with E-state index in [2.05, 4.69) is 52.0 Å². The maximum Gasteiger partial charge on any atom is -0.0132 e. The van der Waals surface area contributed by atoms with Crippen molar-refractivity contribution in [3.05, 3.63) is 35.4 Å². The smallest absolute Gasteiger partial charge is 0.0132 e. The molecular weight excluding hydrogens is 204 g/mol. The Morgan fingerprint density at radius 1 is 0.824 bits per heavy atom. The summed E-state index contributed by atoms with van der Waals surface area (Å²) in [7, 11) is 0. The summed E-state index contributed by atoms with van der Waals surface area (Å²) in [5.41, 5.74) is 3.12. The minimum Gasteiger partial charge on any atom is -0.0776 e. The van der Waals surface area contributed by atoms with Gasteiger partial charge in [-0.15, -0.1) is 0 Å². The predicted octanol–water partition coefficient (Wildman–Crippen LogP) is 6.48. The van der Waals surface area contributed by atoms with Crippen molar-refractivity contribution in [2.75, 3.05) is 0 Å². The lowest BCUT2D eigenvalue weighted by atomic mass is 9.86. The van der Waals surface area contributed by atoms with Crippen molar-refractivity contribution in [2.24, 2.45) is 0 Å². The molecular formula is C17H36. The van der Waals surface area contributed by atoms with E-state index in [-0.39, 0.29) is 27.7 Å². The van der Waals surface area contributed by atoms with Crippen LogP contribution in [0.1, 0.15) is 74.9 Å². The Morgan fingerprint density at radius 3 is 1.41 bits per heavy atom. The minimum absolute atomic E-state index is 0. The fourth-order valence-corrected chi connectivity index (χ4v) is 1.24. The molecule has 0 aromatic heterocycles. The first-order chi connectivity index (χ1) is 6.54. The molecule has 0 amide bonds. The van der Waals surface area contributed by atoms with Gasteiger partial charge < -0.3 is 0 Å². The van der Waals surface area contributed by atoms with Gasteiger partial charge in [0.15, 0.2) is 0 Å². The van der Waals surface area contributed by atoms with Gasteiger partial charge in [-0.05, 0) is 23.0 Å². The molecule has 0 nitrogen and oxygen atoms in total. The van der Waals surface area contributed by atoms with Crippen molar-refractivity contribution in [3.8, 4) is 0 Å². The van der Waals surface area contributed by atoms with Crippen LogP contribution in [0.5, 0.6) is 0 Å². The average molecular weight is 240 g/mol. The van der Waals surface area contributed by atoms with Gasteiger partial charge in [0.1, 0.15) is 0 Å². The summed E-state index contributed by atoms with van der Waals surface area (Å²) in [5.74, 6) is 0. The van der Waals surface area contributed by atoms with Crippen LogP contribution in [0.25, 0.3) is 0 Å². The number of hydrogen-bond donors (Lipinski definition) is 0. The van der Waals surface area contributed by atoms with E-state index in [1.165, 1.54) is 11.1 Å². The normalized spacial score (nSPS) is 8.59. The van der Waals surface area contributed by atoms with Gasteiger partial charge in [0.05, 0.1) is 0 Å². The zero-order valence-corrected chi connectivity index (χ0v) is 10.5. The van der Waals surface area contributed by atoms with Crippen LogP contribution in [0, 0.1) is 0 Å². The van der Waals surface area contributed by atoms with Crippen molar-refractivity contribution in [1.82, 2.24) is 0 Å². The third-order valence-electron chi connectivity index (χ3n) is 2.23. The number of benzene rings is 1. The van der Waals surface area contributed by atoms with Crippen molar-refractivity contribution < 1.29 is 0 Å². The summed E-state index contributed by atoms with van der Waals surface area (Å²) in [6.07, 6.45) is 1.13. The first-order valence-corrected chi connectivity index (χ1v) is 5.63. The lowest BCUT2D eigenvalue weighted by Crippen LogP contribution is -2.10. The minimum atomic E-state index is 0. The highest BCUT2D eigenvalue weighted by Crippen LogP contribution is 2.22. The lowest BCUT2D eigenvalue weighted by molar-refractivity contribution is 0.590. The van der Waals surface area contributed by atoms with E-state index < -0.39 is 0 Å². The van der Waals surface area contributed by atoms with E-state index in [1.54, 1.807) is 0 Å². The molecule has 0 saturated heterocycles. The summed E-state index contributed by atoms with van der Waals surface area (Å²) in [6.45, 7) is 12.9. The molecule has 0 heteroatoms. The molecule has 17 heavy (non-hydrogen) atoms. The van der Waals surface area contributed by atoms with Crippen LogP contribution in [0.4, 0.5) is 0 Å². The van der Waals surface area contributed by atoms with Crippen LogP contribution in [0.3, 0.4) is 0 Å². The van der Waals surface area contributed by atoms with Crippen molar-refractivity contribution >= 4 is 0 Å². The van der Waals surface area contributed by atoms with Gasteiger partial charge in [-0.2, -0.15) is 0 Å². The summed E-state index contributed by atoms with van der Waals surface area (Å²) in [6, 6.07) is 8.92. The van der Waals surface area contributed by atoms with E-state index in [0.717, 1.165) is 6.42 Å². The quantitative estimate of drug-likeness (QED) is 0.527. The molecule has 0 aliphatic carbocycles. The maximum absolute atomic E-state index is 2.24. The zero-order valence-electron chi connectivity index (χ0n) is 10.5. The van der Waals surface area contributed by atoms with Crippen LogP contribution >= 0.6 is 0 Å². The van der Waals surface area contributed by atoms with Crippen molar-refractivity contribution in [1.29, 1.82) is 0 Å². The predicted molar refractivity (Wildman–Crippen MR) is 86.1 cm³/mol. The van der Waals surface area contributed by atoms with Gasteiger partial charge in [-0.25, -0.2) is 0 Å². The van der Waals surface area contributed by atoms with Crippen LogP contribution in [-0.4, -0.2) is 0 Å². The molecule has 0 aliphatic heterocycles. The van der Waals surface area contributed by atoms with E-state index in [9.17, 15) is 0 Å². The topological polar surface area (TPSA) is 0 Å². The highest BCUT2D eigenvalue weighted by Gasteiger charge is 2.12. The monoisotopic (exact) mass is 240 g/mol. The van der Waals surface area contributed by atoms with Gasteiger partial charge in [0, 0.05) is 0 Å². The van der Waals surface area contributed by atoms with Crippen molar-refractivity contribution in [3.63, 3.8) is 0 Å². The first-order valence-electron chi connectivity index (χ1n) is 5.63. The molecule has 0 saturated carbocycles. The summed E-state index contributed by atoms with van der Waals surface area (Å²) in [5, 5.41) is 0. The molecule has 1 aromatic rings. The summed E-state index contributed by atoms with van der Waals surface area (Å²) >= 11 is 0. The summed E-state index contributed by atoms with van der Waals surface area (Å²) < 4.78 is 0. The third-order valence-corrected chi connectivity index (χ3v) is 2.23. The van der Waals surface area contributed by atoms with E-state index >= 15 is 0 Å². The van der Waals surface area contributed by atoms with Crippen LogP contribution < -0.4 is 0 Å². The second-order valence-corrected chi connectivity index (χ2v) is 4.30. The molecule has 0 aliphatic rings. The highest BCUT2D eigenvalue weighted by atomic mass is 14.2. The summed E-state index contributed by atoms with van der Waals surface area (Å²) in [4.78, 5) is 0. The Labute approximate surface area is 111 Å². The largest absolute Gasteiger partial charge is 0.0776 e. The molecule has 0 atom stereocenters. The number of rotatable bonds is 1. The molecule has 0 heterocycles. The van der Waals surface area contributed by atoms with E-state index in [0.29, 0.717) is 0 Å². The van der Waals surface area contributed by atoms with Crippen LogP contribution in [-0.2, 0) is 11.8 Å². The fourth-order valence-electron chi connectivity index (χ4n) is 1.24. The second kappa shape index (κ2) is 11.7. The standard InChI is InChI=1S/C12H18.C2H6.3CH4/c1-5-10-6-8-11(9-7-10)12(2,3)4;1-2;;;/h6-9H,5H2,1-4H3;1-2H3;3*1H4. The molecule has 0 N–H and O–H groups in total. The Morgan fingerprint density at radius 2 is 1.18 bits per heavy atom. The molecule has 0 unspecified atom stereocenters. The van der Waals surface area contributed by atoms with Gasteiger partial charge >= 0.3 is 0 Å². The van der Waals surface area contributed by atoms with E-state index in [1.807, 2.05) is 13.8 Å². The Bertz CT molecular complexity index is 236. The Hall–Kier alpha value is -0.780. The molecule has 1 rings (SSSR count). The maximum atomic E-state index is 2.24. The number of aryl methyl sites for hydroxylation is 1. The zero-order chi connectivity index (χ0) is 11.2. The van der Waals surface area contributed by atoms with Crippen molar-refractivity contribution in [2.45, 2.75) is 75.7 Å². The molecule has 0 bridgehead atoms.